The quantitative estimate of drug-likeness (QED) is 0.882. The molecule has 0 amide bonds. The van der Waals surface area contributed by atoms with Crippen LogP contribution in [-0.4, -0.2) is 38.8 Å². The number of ether oxygens (including phenoxy) is 2. The molecule has 106 valence electrons. The Bertz CT molecular complexity index is 414. The van der Waals surface area contributed by atoms with Gasteiger partial charge < -0.3 is 15.2 Å². The van der Waals surface area contributed by atoms with Gasteiger partial charge in [-0.1, -0.05) is 6.92 Å². The Morgan fingerprint density at radius 1 is 1.21 bits per heavy atom. The van der Waals surface area contributed by atoms with Gasteiger partial charge in [-0.25, -0.2) is 0 Å². The number of rotatable bonds is 5. The summed E-state index contributed by atoms with van der Waals surface area (Å²) >= 11 is 0. The van der Waals surface area contributed by atoms with Crippen LogP contribution in [0.3, 0.4) is 0 Å². The van der Waals surface area contributed by atoms with Gasteiger partial charge >= 0.3 is 0 Å². The van der Waals surface area contributed by atoms with Crippen molar-refractivity contribution >= 4 is 0 Å². The minimum absolute atomic E-state index is 0.267. The molecular weight excluding hydrogens is 240 g/mol. The molecule has 0 saturated carbocycles. The Morgan fingerprint density at radius 3 is 2.32 bits per heavy atom. The number of likely N-dealkylation sites (tertiary alicyclic amines) is 1. The van der Waals surface area contributed by atoms with Gasteiger partial charge in [0.15, 0.2) is 0 Å². The molecule has 0 radical (unpaired) electrons. The monoisotopic (exact) mass is 264 g/mol. The first kappa shape index (κ1) is 14.2. The van der Waals surface area contributed by atoms with E-state index in [-0.39, 0.29) is 5.41 Å². The smallest absolute Gasteiger partial charge is 0.122 e. The van der Waals surface area contributed by atoms with Gasteiger partial charge in [-0.3, -0.25) is 4.90 Å². The first-order chi connectivity index (χ1) is 9.08. The largest absolute Gasteiger partial charge is 0.497 e. The van der Waals surface area contributed by atoms with E-state index < -0.39 is 0 Å². The highest BCUT2D eigenvalue weighted by Gasteiger charge is 2.32. The average Bonchev–Trinajstić information content (AvgIpc) is 2.80. The van der Waals surface area contributed by atoms with Gasteiger partial charge in [0, 0.05) is 19.2 Å². The van der Waals surface area contributed by atoms with Gasteiger partial charge in [-0.05, 0) is 42.6 Å². The van der Waals surface area contributed by atoms with Gasteiger partial charge in [0.05, 0.1) is 14.2 Å². The maximum atomic E-state index is 5.85. The molecule has 0 aliphatic carbocycles. The first-order valence-corrected chi connectivity index (χ1v) is 6.73. The Morgan fingerprint density at radius 2 is 1.84 bits per heavy atom. The lowest BCUT2D eigenvalue weighted by atomic mass is 9.90. The van der Waals surface area contributed by atoms with Crippen LogP contribution in [0, 0.1) is 5.41 Å². The summed E-state index contributed by atoms with van der Waals surface area (Å²) in [6, 6.07) is 6.04. The van der Waals surface area contributed by atoms with Crippen LogP contribution in [0.15, 0.2) is 18.2 Å². The lowest BCUT2D eigenvalue weighted by molar-refractivity contribution is 0.273. The second-order valence-electron chi connectivity index (χ2n) is 5.70. The molecule has 2 N–H and O–H groups in total. The van der Waals surface area contributed by atoms with Crippen LogP contribution in [0.25, 0.3) is 0 Å². The highest BCUT2D eigenvalue weighted by molar-refractivity contribution is 5.38. The minimum atomic E-state index is 0.267. The molecule has 0 spiro atoms. The Balaban J connectivity index is 2.07. The second kappa shape index (κ2) is 5.80. The molecule has 1 fully saturated rings. The molecule has 1 aromatic carbocycles. The number of hydrogen-bond donors (Lipinski definition) is 1. The van der Waals surface area contributed by atoms with Crippen molar-refractivity contribution in [1.82, 2.24) is 4.90 Å². The van der Waals surface area contributed by atoms with E-state index in [2.05, 4.69) is 24.0 Å². The zero-order valence-electron chi connectivity index (χ0n) is 12.1. The zero-order chi connectivity index (χ0) is 13.9. The average molecular weight is 264 g/mol. The van der Waals surface area contributed by atoms with Crippen LogP contribution in [0.2, 0.25) is 0 Å². The predicted molar refractivity (Wildman–Crippen MR) is 76.6 cm³/mol. The fourth-order valence-corrected chi connectivity index (χ4v) is 2.64. The zero-order valence-corrected chi connectivity index (χ0v) is 12.1. The van der Waals surface area contributed by atoms with Crippen LogP contribution in [-0.2, 0) is 6.54 Å². The maximum absolute atomic E-state index is 5.85. The highest BCUT2D eigenvalue weighted by Crippen LogP contribution is 2.30. The fraction of sp³-hybridized carbons (Fsp3) is 0.600. The van der Waals surface area contributed by atoms with Crippen LogP contribution >= 0.6 is 0 Å². The Labute approximate surface area is 115 Å². The molecule has 2 rings (SSSR count). The summed E-state index contributed by atoms with van der Waals surface area (Å²) in [6.07, 6.45) is 1.17. The molecule has 1 atom stereocenters. The third-order valence-corrected chi connectivity index (χ3v) is 3.95. The van der Waals surface area contributed by atoms with E-state index >= 15 is 0 Å². The van der Waals surface area contributed by atoms with Gasteiger partial charge in [-0.2, -0.15) is 0 Å². The second-order valence-corrected chi connectivity index (χ2v) is 5.70. The summed E-state index contributed by atoms with van der Waals surface area (Å²) in [5.41, 5.74) is 7.33. The van der Waals surface area contributed by atoms with Crippen molar-refractivity contribution in [3.8, 4) is 11.5 Å². The molecule has 0 aromatic heterocycles. The molecule has 19 heavy (non-hydrogen) atoms. The summed E-state index contributed by atoms with van der Waals surface area (Å²) < 4.78 is 10.6. The van der Waals surface area contributed by atoms with Gasteiger partial charge in [-0.15, -0.1) is 0 Å². The third kappa shape index (κ3) is 3.39. The number of nitrogens with two attached hydrogens (primary N) is 1. The van der Waals surface area contributed by atoms with Crippen molar-refractivity contribution in [3.05, 3.63) is 23.8 Å². The van der Waals surface area contributed by atoms with Crippen molar-refractivity contribution in [2.24, 2.45) is 11.1 Å². The molecule has 4 heteroatoms. The standard InChI is InChI=1S/C15H24N2O2/c1-15(10-16)4-5-17(11-15)9-12-6-13(18-2)8-14(7-12)19-3/h6-8H,4-5,9-11,16H2,1-3H3. The minimum Gasteiger partial charge on any atom is -0.497 e. The fourth-order valence-electron chi connectivity index (χ4n) is 2.64. The van der Waals surface area contributed by atoms with E-state index in [4.69, 9.17) is 15.2 Å². The molecule has 4 nitrogen and oxygen atoms in total. The van der Waals surface area contributed by atoms with E-state index in [1.807, 2.05) is 6.07 Å². The van der Waals surface area contributed by atoms with Crippen LogP contribution < -0.4 is 15.2 Å². The van der Waals surface area contributed by atoms with Gasteiger partial charge in [0.2, 0.25) is 0 Å². The molecule has 1 aliphatic rings. The lowest BCUT2D eigenvalue weighted by Crippen LogP contribution is -2.31. The van der Waals surface area contributed by atoms with Crippen molar-refractivity contribution in [2.75, 3.05) is 33.9 Å². The summed E-state index contributed by atoms with van der Waals surface area (Å²) in [4.78, 5) is 2.45. The van der Waals surface area contributed by atoms with Crippen molar-refractivity contribution in [1.29, 1.82) is 0 Å². The molecule has 1 unspecified atom stereocenters. The number of hydrogen-bond acceptors (Lipinski definition) is 4. The first-order valence-electron chi connectivity index (χ1n) is 6.73. The van der Waals surface area contributed by atoms with E-state index in [0.29, 0.717) is 0 Å². The highest BCUT2D eigenvalue weighted by atomic mass is 16.5. The van der Waals surface area contributed by atoms with E-state index in [1.54, 1.807) is 14.2 Å². The van der Waals surface area contributed by atoms with Gasteiger partial charge in [0.1, 0.15) is 11.5 Å². The normalized spacial score (nSPS) is 23.6. The van der Waals surface area contributed by atoms with Gasteiger partial charge in [0.25, 0.3) is 0 Å². The number of methoxy groups -OCH3 is 2. The summed E-state index contributed by atoms with van der Waals surface area (Å²) in [5, 5.41) is 0. The molecule has 0 bridgehead atoms. The number of nitrogens with zero attached hydrogens (tertiary/aromatic N) is 1. The maximum Gasteiger partial charge on any atom is 0.122 e. The molecule has 1 heterocycles. The van der Waals surface area contributed by atoms with Crippen LogP contribution in [0.1, 0.15) is 18.9 Å². The van der Waals surface area contributed by atoms with Crippen molar-refractivity contribution in [3.63, 3.8) is 0 Å². The van der Waals surface area contributed by atoms with Crippen LogP contribution in [0.4, 0.5) is 0 Å². The van der Waals surface area contributed by atoms with E-state index in [9.17, 15) is 0 Å². The predicted octanol–water partition coefficient (Wildman–Crippen LogP) is 1.87. The lowest BCUT2D eigenvalue weighted by Gasteiger charge is -2.22. The summed E-state index contributed by atoms with van der Waals surface area (Å²) in [7, 11) is 3.36. The molecule has 1 saturated heterocycles. The molecule has 1 aromatic rings. The Hall–Kier alpha value is -1.26. The SMILES string of the molecule is COc1cc(CN2CCC(C)(CN)C2)cc(OC)c1. The molecule has 1 aliphatic heterocycles. The number of benzene rings is 1. The van der Waals surface area contributed by atoms with Crippen molar-refractivity contribution in [2.45, 2.75) is 19.9 Å². The third-order valence-electron chi connectivity index (χ3n) is 3.95. The molecular formula is C15H24N2O2. The summed E-state index contributed by atoms with van der Waals surface area (Å²) in [6.45, 7) is 6.10. The topological polar surface area (TPSA) is 47.7 Å². The van der Waals surface area contributed by atoms with E-state index in [1.165, 1.54) is 12.0 Å². The van der Waals surface area contributed by atoms with E-state index in [0.717, 1.165) is 37.7 Å². The van der Waals surface area contributed by atoms with Crippen molar-refractivity contribution < 1.29 is 9.47 Å². The van der Waals surface area contributed by atoms with Crippen LogP contribution in [0.5, 0.6) is 11.5 Å². The summed E-state index contributed by atoms with van der Waals surface area (Å²) in [5.74, 6) is 1.69. The Kier molecular flexibility index (Phi) is 4.32.